The van der Waals surface area contributed by atoms with Crippen molar-refractivity contribution >= 4 is 11.8 Å². The van der Waals surface area contributed by atoms with Gasteiger partial charge >= 0.3 is 0 Å². The Hall–Kier alpha value is -1.82. The maximum absolute atomic E-state index is 13.1. The summed E-state index contributed by atoms with van der Waals surface area (Å²) in [4.78, 5) is 31.3. The van der Waals surface area contributed by atoms with Crippen LogP contribution in [-0.2, 0) is 16.1 Å². The van der Waals surface area contributed by atoms with Crippen LogP contribution in [0.2, 0.25) is 0 Å². The second-order valence-corrected chi connectivity index (χ2v) is 8.07. The first-order valence-corrected chi connectivity index (χ1v) is 9.22. The number of likely N-dealkylation sites (tertiary alicyclic amines) is 3. The molecule has 6 nitrogen and oxygen atoms in total. The number of hydrogen-bond donors (Lipinski definition) is 0. The molecule has 3 aliphatic heterocycles. The summed E-state index contributed by atoms with van der Waals surface area (Å²) in [7, 11) is 1.90. The van der Waals surface area contributed by atoms with Crippen molar-refractivity contribution in [1.82, 2.24) is 14.7 Å². The summed E-state index contributed by atoms with van der Waals surface area (Å²) in [5, 5.41) is 0. The highest BCUT2D eigenvalue weighted by Crippen LogP contribution is 2.57. The Morgan fingerprint density at radius 2 is 1.96 bits per heavy atom. The van der Waals surface area contributed by atoms with Crippen LogP contribution in [-0.4, -0.2) is 66.3 Å². The van der Waals surface area contributed by atoms with E-state index in [4.69, 9.17) is 4.42 Å². The summed E-state index contributed by atoms with van der Waals surface area (Å²) < 4.78 is 5.47. The third-order valence-electron chi connectivity index (χ3n) is 6.82. The minimum absolute atomic E-state index is 0.0693. The highest BCUT2D eigenvalue weighted by Gasteiger charge is 2.65. The Morgan fingerprint density at radius 1 is 1.20 bits per heavy atom. The van der Waals surface area contributed by atoms with E-state index in [0.29, 0.717) is 6.54 Å². The Balaban J connectivity index is 1.55. The van der Waals surface area contributed by atoms with Crippen LogP contribution in [0.1, 0.15) is 31.9 Å². The molecule has 2 spiro atoms. The van der Waals surface area contributed by atoms with Crippen LogP contribution in [0.5, 0.6) is 0 Å². The van der Waals surface area contributed by atoms with Gasteiger partial charge in [0.2, 0.25) is 11.8 Å². The van der Waals surface area contributed by atoms with Crippen molar-refractivity contribution in [3.05, 3.63) is 24.2 Å². The molecule has 1 unspecified atom stereocenters. The summed E-state index contributed by atoms with van der Waals surface area (Å²) in [6.07, 6.45) is 4.53. The van der Waals surface area contributed by atoms with E-state index in [1.165, 1.54) is 0 Å². The molecule has 0 aromatic carbocycles. The van der Waals surface area contributed by atoms with Crippen LogP contribution < -0.4 is 0 Å². The minimum Gasteiger partial charge on any atom is -0.468 e. The molecule has 0 N–H and O–H groups in total. The van der Waals surface area contributed by atoms with Gasteiger partial charge in [-0.2, -0.15) is 0 Å². The van der Waals surface area contributed by atoms with Crippen molar-refractivity contribution in [1.29, 1.82) is 0 Å². The molecular weight excluding hydrogens is 318 g/mol. The normalized spacial score (nSPS) is 29.3. The lowest BCUT2D eigenvalue weighted by atomic mass is 9.60. The van der Waals surface area contributed by atoms with Crippen molar-refractivity contribution in [3.8, 4) is 0 Å². The third kappa shape index (κ3) is 2.49. The molecule has 1 aromatic heterocycles. The first kappa shape index (κ1) is 16.6. The summed E-state index contributed by atoms with van der Waals surface area (Å²) in [6.45, 7) is 6.49. The van der Waals surface area contributed by atoms with Crippen LogP contribution in [0.25, 0.3) is 0 Å². The first-order valence-electron chi connectivity index (χ1n) is 9.22. The van der Waals surface area contributed by atoms with Gasteiger partial charge in [-0.1, -0.05) is 0 Å². The van der Waals surface area contributed by atoms with Crippen molar-refractivity contribution in [2.45, 2.75) is 32.7 Å². The van der Waals surface area contributed by atoms with E-state index >= 15 is 0 Å². The van der Waals surface area contributed by atoms with Gasteiger partial charge in [0.25, 0.3) is 0 Å². The zero-order chi connectivity index (χ0) is 17.7. The SMILES string of the molecule is CC(=O)N1CC2(CCN(Cc3ccco3)CC2)C2(CCN(C)C2=O)C1. The average molecular weight is 345 g/mol. The van der Waals surface area contributed by atoms with E-state index in [0.717, 1.165) is 57.7 Å². The second-order valence-electron chi connectivity index (χ2n) is 8.07. The standard InChI is InChI=1S/C19H27N3O3/c1-15(23)22-13-18(19(14-22)7-8-20(2)17(19)24)5-9-21(10-6-18)12-16-4-3-11-25-16/h3-4,11H,5-10,12-14H2,1-2H3. The second kappa shape index (κ2) is 5.87. The zero-order valence-electron chi connectivity index (χ0n) is 15.2. The average Bonchev–Trinajstić information content (AvgIpc) is 3.28. The molecule has 0 bridgehead atoms. The molecule has 1 atom stereocenters. The number of amides is 2. The summed E-state index contributed by atoms with van der Waals surface area (Å²) in [6, 6.07) is 3.93. The van der Waals surface area contributed by atoms with E-state index in [-0.39, 0.29) is 22.6 Å². The van der Waals surface area contributed by atoms with Crippen LogP contribution in [0, 0.1) is 10.8 Å². The lowest BCUT2D eigenvalue weighted by molar-refractivity contribution is -0.141. The van der Waals surface area contributed by atoms with Crippen LogP contribution >= 0.6 is 0 Å². The van der Waals surface area contributed by atoms with Crippen molar-refractivity contribution < 1.29 is 14.0 Å². The molecular formula is C19H27N3O3. The number of nitrogens with zero attached hydrogens (tertiary/aromatic N) is 3. The number of fused-ring (bicyclic) bond motifs is 1. The topological polar surface area (TPSA) is 57.0 Å². The molecule has 2 amide bonds. The molecule has 3 fully saturated rings. The molecule has 6 heteroatoms. The van der Waals surface area contributed by atoms with Gasteiger partial charge in [-0.05, 0) is 44.5 Å². The van der Waals surface area contributed by atoms with Crippen molar-refractivity contribution in [3.63, 3.8) is 0 Å². The number of furan rings is 1. The highest BCUT2D eigenvalue weighted by molar-refractivity contribution is 5.88. The van der Waals surface area contributed by atoms with E-state index in [9.17, 15) is 9.59 Å². The number of carbonyl (C=O) groups is 2. The Kier molecular flexibility index (Phi) is 3.90. The van der Waals surface area contributed by atoms with Gasteiger partial charge in [0.05, 0.1) is 18.2 Å². The largest absolute Gasteiger partial charge is 0.468 e. The van der Waals surface area contributed by atoms with Gasteiger partial charge in [-0.15, -0.1) is 0 Å². The lowest BCUT2D eigenvalue weighted by Gasteiger charge is -2.46. The smallest absolute Gasteiger partial charge is 0.231 e. The predicted molar refractivity (Wildman–Crippen MR) is 92.6 cm³/mol. The molecule has 25 heavy (non-hydrogen) atoms. The molecule has 0 radical (unpaired) electrons. The molecule has 0 aliphatic carbocycles. The fourth-order valence-corrected chi connectivity index (χ4v) is 5.26. The van der Waals surface area contributed by atoms with E-state index in [2.05, 4.69) is 4.90 Å². The Labute approximate surface area is 148 Å². The van der Waals surface area contributed by atoms with Crippen LogP contribution in [0.15, 0.2) is 22.8 Å². The quantitative estimate of drug-likeness (QED) is 0.816. The fraction of sp³-hybridized carbons (Fsp3) is 0.684. The van der Waals surface area contributed by atoms with Gasteiger partial charge in [0.1, 0.15) is 5.76 Å². The number of carbonyl (C=O) groups excluding carboxylic acids is 2. The molecule has 3 saturated heterocycles. The number of hydrogen-bond acceptors (Lipinski definition) is 4. The fourth-order valence-electron chi connectivity index (χ4n) is 5.26. The van der Waals surface area contributed by atoms with E-state index in [1.807, 2.05) is 29.0 Å². The van der Waals surface area contributed by atoms with Gasteiger partial charge in [-0.3, -0.25) is 14.5 Å². The maximum Gasteiger partial charge on any atom is 0.231 e. The van der Waals surface area contributed by atoms with E-state index in [1.54, 1.807) is 13.2 Å². The predicted octanol–water partition coefficient (Wildman–Crippen LogP) is 1.57. The number of piperidine rings is 1. The van der Waals surface area contributed by atoms with Gasteiger partial charge in [-0.25, -0.2) is 0 Å². The maximum atomic E-state index is 13.1. The summed E-state index contributed by atoms with van der Waals surface area (Å²) in [5.41, 5.74) is -0.440. The first-order chi connectivity index (χ1) is 12.0. The third-order valence-corrected chi connectivity index (χ3v) is 6.82. The number of rotatable bonds is 2. The summed E-state index contributed by atoms with van der Waals surface area (Å²) in [5.74, 6) is 1.33. The van der Waals surface area contributed by atoms with Crippen molar-refractivity contribution in [2.24, 2.45) is 10.8 Å². The lowest BCUT2D eigenvalue weighted by Crippen LogP contribution is -2.52. The Morgan fingerprint density at radius 3 is 2.52 bits per heavy atom. The molecule has 0 saturated carbocycles. The summed E-state index contributed by atoms with van der Waals surface area (Å²) >= 11 is 0. The Bertz CT molecular complexity index is 663. The molecule has 136 valence electrons. The zero-order valence-corrected chi connectivity index (χ0v) is 15.2. The monoisotopic (exact) mass is 345 g/mol. The van der Waals surface area contributed by atoms with Gasteiger partial charge < -0.3 is 14.2 Å². The molecule has 1 aromatic rings. The van der Waals surface area contributed by atoms with Crippen LogP contribution in [0.4, 0.5) is 0 Å². The highest BCUT2D eigenvalue weighted by atomic mass is 16.3. The minimum atomic E-state index is -0.371. The van der Waals surface area contributed by atoms with Gasteiger partial charge in [0, 0.05) is 39.0 Å². The molecule has 4 heterocycles. The van der Waals surface area contributed by atoms with Crippen molar-refractivity contribution in [2.75, 3.05) is 39.8 Å². The van der Waals surface area contributed by atoms with E-state index < -0.39 is 0 Å². The molecule has 4 rings (SSSR count). The van der Waals surface area contributed by atoms with Gasteiger partial charge in [0.15, 0.2) is 0 Å². The van der Waals surface area contributed by atoms with Crippen LogP contribution in [0.3, 0.4) is 0 Å². The molecule has 3 aliphatic rings.